The van der Waals surface area contributed by atoms with Crippen molar-refractivity contribution in [2.45, 2.75) is 23.8 Å². The molecule has 110 valence electrons. The molecule has 0 bridgehead atoms. The first-order valence-electron chi connectivity index (χ1n) is 6.54. The summed E-state index contributed by atoms with van der Waals surface area (Å²) in [5, 5.41) is 3.46. The lowest BCUT2D eigenvalue weighted by atomic mass is 10.4. The van der Waals surface area contributed by atoms with Crippen molar-refractivity contribution < 1.29 is 8.42 Å². The molecule has 1 aromatic carbocycles. The lowest BCUT2D eigenvalue weighted by molar-refractivity contribution is 0.601. The van der Waals surface area contributed by atoms with Gasteiger partial charge in [-0.05, 0) is 37.1 Å². The molecule has 5 nitrogen and oxygen atoms in total. The molecule has 1 aliphatic rings. The van der Waals surface area contributed by atoms with E-state index < -0.39 is 10.0 Å². The van der Waals surface area contributed by atoms with Crippen LogP contribution in [-0.2, 0) is 10.0 Å². The van der Waals surface area contributed by atoms with Gasteiger partial charge in [-0.1, -0.05) is 23.7 Å². The Bertz CT molecular complexity index is 743. The lowest BCUT2D eigenvalue weighted by Crippen LogP contribution is -2.14. The summed E-state index contributed by atoms with van der Waals surface area (Å²) in [6.07, 6.45) is 3.95. The maximum atomic E-state index is 12.2. The summed E-state index contributed by atoms with van der Waals surface area (Å²) in [6.45, 7) is 0. The third-order valence-corrected chi connectivity index (χ3v) is 4.93. The number of anilines is 2. The number of hydrogen-bond acceptors (Lipinski definition) is 4. The Morgan fingerprint density at radius 1 is 1.14 bits per heavy atom. The summed E-state index contributed by atoms with van der Waals surface area (Å²) in [4.78, 5) is 4.14. The predicted octanol–water partition coefficient (Wildman–Crippen LogP) is 3.11. The molecular formula is C14H14ClN3O2S. The van der Waals surface area contributed by atoms with Crippen molar-refractivity contribution in [2.75, 3.05) is 10.0 Å². The zero-order valence-electron chi connectivity index (χ0n) is 11.1. The second kappa shape index (κ2) is 5.54. The van der Waals surface area contributed by atoms with Crippen molar-refractivity contribution in [3.8, 4) is 0 Å². The molecule has 1 heterocycles. The maximum absolute atomic E-state index is 12.2. The van der Waals surface area contributed by atoms with E-state index in [4.69, 9.17) is 11.6 Å². The van der Waals surface area contributed by atoms with Gasteiger partial charge in [-0.15, -0.1) is 0 Å². The number of halogens is 1. The number of benzene rings is 1. The molecule has 1 fully saturated rings. The molecule has 1 saturated carbocycles. The third-order valence-electron chi connectivity index (χ3n) is 3.08. The summed E-state index contributed by atoms with van der Waals surface area (Å²) in [5.41, 5.74) is 0.887. The number of nitrogens with one attached hydrogen (secondary N) is 2. The van der Waals surface area contributed by atoms with Gasteiger partial charge in [0.2, 0.25) is 0 Å². The van der Waals surface area contributed by atoms with Crippen molar-refractivity contribution in [2.24, 2.45) is 0 Å². The van der Waals surface area contributed by atoms with Gasteiger partial charge in [-0.3, -0.25) is 4.72 Å². The lowest BCUT2D eigenvalue weighted by Gasteiger charge is -2.09. The third kappa shape index (κ3) is 3.46. The van der Waals surface area contributed by atoms with Crippen molar-refractivity contribution in [3.05, 3.63) is 47.6 Å². The average molecular weight is 324 g/mol. The summed E-state index contributed by atoms with van der Waals surface area (Å²) in [6, 6.07) is 10.2. The van der Waals surface area contributed by atoms with E-state index in [1.165, 1.54) is 25.0 Å². The van der Waals surface area contributed by atoms with Crippen LogP contribution in [0.25, 0.3) is 0 Å². The standard InChI is InChI=1S/C14H14ClN3O2S/c15-12-3-1-2-4-13(12)21(19,20)18-14-8-7-11(9-16-14)17-10-5-6-10/h1-4,7-10,17H,5-6H2,(H,16,18). The Kier molecular flexibility index (Phi) is 3.73. The largest absolute Gasteiger partial charge is 0.381 e. The molecule has 0 saturated heterocycles. The van der Waals surface area contributed by atoms with Gasteiger partial charge in [-0.25, -0.2) is 13.4 Å². The van der Waals surface area contributed by atoms with Crippen LogP contribution < -0.4 is 10.0 Å². The zero-order valence-corrected chi connectivity index (χ0v) is 12.7. The van der Waals surface area contributed by atoms with Crippen LogP contribution in [0.2, 0.25) is 5.02 Å². The second-order valence-corrected chi connectivity index (χ2v) is 6.94. The van der Waals surface area contributed by atoms with E-state index in [9.17, 15) is 8.42 Å². The van der Waals surface area contributed by atoms with Gasteiger partial charge in [-0.2, -0.15) is 0 Å². The molecule has 3 rings (SSSR count). The zero-order chi connectivity index (χ0) is 14.9. The Morgan fingerprint density at radius 3 is 2.52 bits per heavy atom. The number of pyridine rings is 1. The van der Waals surface area contributed by atoms with Crippen molar-refractivity contribution in [1.82, 2.24) is 4.98 Å². The minimum Gasteiger partial charge on any atom is -0.381 e. The fraction of sp³-hybridized carbons (Fsp3) is 0.214. The predicted molar refractivity (Wildman–Crippen MR) is 83.1 cm³/mol. The summed E-state index contributed by atoms with van der Waals surface area (Å²) in [7, 11) is -3.73. The van der Waals surface area contributed by atoms with Gasteiger partial charge in [0.25, 0.3) is 10.0 Å². The second-order valence-electron chi connectivity index (χ2n) is 4.89. The average Bonchev–Trinajstić information content (AvgIpc) is 3.25. The minimum atomic E-state index is -3.73. The first-order chi connectivity index (χ1) is 10.0. The van der Waals surface area contributed by atoms with E-state index in [0.29, 0.717) is 6.04 Å². The number of aromatic nitrogens is 1. The molecule has 0 spiro atoms. The van der Waals surface area contributed by atoms with Gasteiger partial charge >= 0.3 is 0 Å². The van der Waals surface area contributed by atoms with Gasteiger partial charge in [0.1, 0.15) is 10.7 Å². The quantitative estimate of drug-likeness (QED) is 0.887. The van der Waals surface area contributed by atoms with E-state index in [-0.39, 0.29) is 15.7 Å². The molecule has 2 N–H and O–H groups in total. The summed E-state index contributed by atoms with van der Waals surface area (Å²) >= 11 is 5.91. The number of rotatable bonds is 5. The Hall–Kier alpha value is -1.79. The molecular weight excluding hydrogens is 310 g/mol. The molecule has 0 atom stereocenters. The van der Waals surface area contributed by atoms with Crippen LogP contribution in [0.3, 0.4) is 0 Å². The molecule has 0 radical (unpaired) electrons. The Morgan fingerprint density at radius 2 is 1.90 bits per heavy atom. The minimum absolute atomic E-state index is 0.0358. The van der Waals surface area contributed by atoms with Crippen LogP contribution in [0.5, 0.6) is 0 Å². The molecule has 2 aromatic rings. The van der Waals surface area contributed by atoms with Gasteiger partial charge < -0.3 is 5.32 Å². The van der Waals surface area contributed by atoms with E-state index in [1.54, 1.807) is 30.5 Å². The first kappa shape index (κ1) is 14.2. The fourth-order valence-electron chi connectivity index (χ4n) is 1.86. The van der Waals surface area contributed by atoms with Gasteiger partial charge in [0.05, 0.1) is 16.9 Å². The normalized spacial score (nSPS) is 14.7. The molecule has 0 amide bonds. The maximum Gasteiger partial charge on any atom is 0.264 e. The van der Waals surface area contributed by atoms with E-state index >= 15 is 0 Å². The Labute approximate surface area is 128 Å². The van der Waals surface area contributed by atoms with E-state index in [2.05, 4.69) is 15.0 Å². The highest BCUT2D eigenvalue weighted by Crippen LogP contribution is 2.25. The first-order valence-corrected chi connectivity index (χ1v) is 8.41. The van der Waals surface area contributed by atoms with E-state index in [0.717, 1.165) is 5.69 Å². The van der Waals surface area contributed by atoms with Crippen molar-refractivity contribution in [3.63, 3.8) is 0 Å². The van der Waals surface area contributed by atoms with Crippen LogP contribution in [0.15, 0.2) is 47.5 Å². The van der Waals surface area contributed by atoms with Crippen LogP contribution in [0.4, 0.5) is 11.5 Å². The Balaban J connectivity index is 1.77. The van der Waals surface area contributed by atoms with Crippen molar-refractivity contribution in [1.29, 1.82) is 0 Å². The van der Waals surface area contributed by atoms with Gasteiger partial charge in [0.15, 0.2) is 0 Å². The van der Waals surface area contributed by atoms with Crippen LogP contribution in [0, 0.1) is 0 Å². The molecule has 1 aromatic heterocycles. The van der Waals surface area contributed by atoms with Crippen LogP contribution >= 0.6 is 11.6 Å². The number of hydrogen-bond donors (Lipinski definition) is 2. The number of sulfonamides is 1. The van der Waals surface area contributed by atoms with Crippen LogP contribution in [0.1, 0.15) is 12.8 Å². The number of nitrogens with zero attached hydrogens (tertiary/aromatic N) is 1. The van der Waals surface area contributed by atoms with Crippen LogP contribution in [-0.4, -0.2) is 19.4 Å². The fourth-order valence-corrected chi connectivity index (χ4v) is 3.39. The molecule has 21 heavy (non-hydrogen) atoms. The summed E-state index contributed by atoms with van der Waals surface area (Å²) < 4.78 is 26.9. The topological polar surface area (TPSA) is 71.1 Å². The molecule has 0 unspecified atom stereocenters. The van der Waals surface area contributed by atoms with Gasteiger partial charge in [0, 0.05) is 6.04 Å². The SMILES string of the molecule is O=S(=O)(Nc1ccc(NC2CC2)cn1)c1ccccc1Cl. The summed E-state index contributed by atoms with van der Waals surface area (Å²) in [5.74, 6) is 0.260. The van der Waals surface area contributed by atoms with Crippen molar-refractivity contribution >= 4 is 33.1 Å². The highest BCUT2D eigenvalue weighted by Gasteiger charge is 2.21. The molecule has 7 heteroatoms. The highest BCUT2D eigenvalue weighted by atomic mass is 35.5. The highest BCUT2D eigenvalue weighted by molar-refractivity contribution is 7.92. The smallest absolute Gasteiger partial charge is 0.264 e. The molecule has 1 aliphatic carbocycles. The van der Waals surface area contributed by atoms with E-state index in [1.807, 2.05) is 0 Å². The molecule has 0 aliphatic heterocycles. The monoisotopic (exact) mass is 323 g/mol.